The lowest BCUT2D eigenvalue weighted by molar-refractivity contribution is -0.162. The number of amides is 2. The molecule has 2 unspecified atom stereocenters. The summed E-state index contributed by atoms with van der Waals surface area (Å²) < 4.78 is 11.1. The highest BCUT2D eigenvalue weighted by Crippen LogP contribution is 2.46. The Morgan fingerprint density at radius 1 is 1.24 bits per heavy atom. The molecule has 0 spiro atoms. The first kappa shape index (κ1) is 20.6. The van der Waals surface area contributed by atoms with E-state index in [1.165, 1.54) is 0 Å². The van der Waals surface area contributed by atoms with Crippen LogP contribution in [0, 0.1) is 5.41 Å². The number of benzene rings is 1. The van der Waals surface area contributed by atoms with E-state index < -0.39 is 12.1 Å². The van der Waals surface area contributed by atoms with Gasteiger partial charge in [-0.2, -0.15) is 0 Å². The first-order valence-corrected chi connectivity index (χ1v) is 10.6. The number of nitrogens with one attached hydrogen (secondary N) is 1. The van der Waals surface area contributed by atoms with Crippen molar-refractivity contribution in [1.82, 2.24) is 15.1 Å². The summed E-state index contributed by atoms with van der Waals surface area (Å²) in [5, 5.41) is 3.72. The van der Waals surface area contributed by atoms with Gasteiger partial charge in [0.1, 0.15) is 6.61 Å². The maximum Gasteiger partial charge on any atom is 0.251 e. The van der Waals surface area contributed by atoms with E-state index >= 15 is 0 Å². The van der Waals surface area contributed by atoms with E-state index in [2.05, 4.69) is 10.2 Å². The monoisotopic (exact) mass is 421 g/mol. The number of carbonyl (C=O) groups is 2. The number of nitrogens with zero attached hydrogens (tertiary/aromatic N) is 2. The summed E-state index contributed by atoms with van der Waals surface area (Å²) in [5.41, 5.74) is 0.985. The fourth-order valence-corrected chi connectivity index (χ4v) is 4.29. The van der Waals surface area contributed by atoms with E-state index in [0.29, 0.717) is 11.6 Å². The van der Waals surface area contributed by atoms with Gasteiger partial charge >= 0.3 is 0 Å². The van der Waals surface area contributed by atoms with Gasteiger partial charge in [-0.1, -0.05) is 23.7 Å². The molecule has 3 fully saturated rings. The van der Waals surface area contributed by atoms with Crippen LogP contribution in [0.2, 0.25) is 5.02 Å². The number of halogens is 1. The van der Waals surface area contributed by atoms with Crippen molar-refractivity contribution in [2.24, 2.45) is 5.41 Å². The van der Waals surface area contributed by atoms with Crippen LogP contribution >= 0.6 is 11.6 Å². The maximum absolute atomic E-state index is 13.0. The third kappa shape index (κ3) is 4.74. The van der Waals surface area contributed by atoms with Crippen LogP contribution in [0.15, 0.2) is 24.3 Å². The average Bonchev–Trinajstić information content (AvgIpc) is 3.49. The van der Waals surface area contributed by atoms with Crippen molar-refractivity contribution in [3.63, 3.8) is 0 Å². The number of rotatable bonds is 6. The molecule has 1 saturated carbocycles. The van der Waals surface area contributed by atoms with Gasteiger partial charge in [-0.15, -0.1) is 0 Å². The molecule has 2 aliphatic heterocycles. The molecule has 1 N–H and O–H groups in total. The number of hydrogen-bond acceptors (Lipinski definition) is 5. The third-order valence-electron chi connectivity index (χ3n) is 6.21. The van der Waals surface area contributed by atoms with Crippen molar-refractivity contribution >= 4 is 23.4 Å². The average molecular weight is 422 g/mol. The van der Waals surface area contributed by atoms with E-state index in [1.54, 1.807) is 24.1 Å². The Bertz CT molecular complexity index is 747. The SMILES string of the molecule is CN1C(=O)COC(C(=O)NCC2(CN3CCOCC3)CC2)C1c1ccc(Cl)cc1. The quantitative estimate of drug-likeness (QED) is 0.753. The smallest absolute Gasteiger partial charge is 0.251 e. The molecule has 2 atom stereocenters. The van der Waals surface area contributed by atoms with Gasteiger partial charge in [0.25, 0.3) is 5.91 Å². The van der Waals surface area contributed by atoms with Gasteiger partial charge in [0, 0.05) is 43.7 Å². The predicted octanol–water partition coefficient (Wildman–Crippen LogP) is 1.47. The Labute approximate surface area is 176 Å². The summed E-state index contributed by atoms with van der Waals surface area (Å²) in [6.07, 6.45) is 1.50. The Balaban J connectivity index is 1.40. The van der Waals surface area contributed by atoms with Crippen LogP contribution in [0.25, 0.3) is 0 Å². The zero-order valence-electron chi connectivity index (χ0n) is 16.7. The van der Waals surface area contributed by atoms with Crippen molar-refractivity contribution in [3.05, 3.63) is 34.9 Å². The number of hydrogen-bond donors (Lipinski definition) is 1. The molecule has 158 valence electrons. The van der Waals surface area contributed by atoms with E-state index in [0.717, 1.165) is 51.3 Å². The summed E-state index contributed by atoms with van der Waals surface area (Å²) in [5.74, 6) is -0.308. The molecule has 1 aromatic carbocycles. The predicted molar refractivity (Wildman–Crippen MR) is 109 cm³/mol. The summed E-state index contributed by atoms with van der Waals surface area (Å²) in [4.78, 5) is 29.2. The van der Waals surface area contributed by atoms with Gasteiger partial charge < -0.3 is 19.7 Å². The molecule has 2 heterocycles. The van der Waals surface area contributed by atoms with Crippen molar-refractivity contribution in [1.29, 1.82) is 0 Å². The molecule has 1 aromatic rings. The van der Waals surface area contributed by atoms with Crippen molar-refractivity contribution in [3.8, 4) is 0 Å². The second kappa shape index (κ2) is 8.60. The number of morpholine rings is 2. The van der Waals surface area contributed by atoms with Crippen LogP contribution in [-0.4, -0.2) is 80.8 Å². The van der Waals surface area contributed by atoms with Gasteiger partial charge in [-0.3, -0.25) is 14.5 Å². The summed E-state index contributed by atoms with van der Waals surface area (Å²) in [6.45, 7) is 5.00. The Morgan fingerprint density at radius 2 is 1.93 bits per heavy atom. The lowest BCUT2D eigenvalue weighted by Crippen LogP contribution is -2.54. The Kier molecular flexibility index (Phi) is 6.11. The van der Waals surface area contributed by atoms with Crippen molar-refractivity contribution < 1.29 is 19.1 Å². The first-order valence-electron chi connectivity index (χ1n) is 10.2. The molecule has 2 saturated heterocycles. The van der Waals surface area contributed by atoms with Gasteiger partial charge in [0.2, 0.25) is 5.91 Å². The molecule has 4 rings (SSSR count). The molecule has 8 heteroatoms. The fourth-order valence-electron chi connectivity index (χ4n) is 4.17. The van der Waals surface area contributed by atoms with Crippen molar-refractivity contribution in [2.45, 2.75) is 25.0 Å². The number of ether oxygens (including phenoxy) is 2. The highest BCUT2D eigenvalue weighted by atomic mass is 35.5. The summed E-state index contributed by atoms with van der Waals surface area (Å²) in [6, 6.07) is 6.74. The second-order valence-corrected chi connectivity index (χ2v) is 8.78. The Hall–Kier alpha value is -1.67. The zero-order chi connectivity index (χ0) is 20.4. The van der Waals surface area contributed by atoms with Crippen molar-refractivity contribution in [2.75, 3.05) is 53.0 Å². The third-order valence-corrected chi connectivity index (χ3v) is 6.46. The van der Waals surface area contributed by atoms with Crippen LogP contribution in [-0.2, 0) is 19.1 Å². The normalized spacial score (nSPS) is 27.0. The van der Waals surface area contributed by atoms with Gasteiger partial charge in [-0.25, -0.2) is 0 Å². The number of carbonyl (C=O) groups excluding carboxylic acids is 2. The lowest BCUT2D eigenvalue weighted by Gasteiger charge is -2.38. The topological polar surface area (TPSA) is 71.1 Å². The molecular weight excluding hydrogens is 394 g/mol. The molecule has 0 bridgehead atoms. The Morgan fingerprint density at radius 3 is 2.59 bits per heavy atom. The fraction of sp³-hybridized carbons (Fsp3) is 0.619. The largest absolute Gasteiger partial charge is 0.379 e. The van der Waals surface area contributed by atoms with Crippen LogP contribution in [0.5, 0.6) is 0 Å². The van der Waals surface area contributed by atoms with Gasteiger partial charge in [0.05, 0.1) is 19.3 Å². The molecule has 0 aromatic heterocycles. The van der Waals surface area contributed by atoms with Crippen LogP contribution in [0.1, 0.15) is 24.4 Å². The molecule has 1 aliphatic carbocycles. The summed E-state index contributed by atoms with van der Waals surface area (Å²) >= 11 is 6.00. The molecule has 7 nitrogen and oxygen atoms in total. The minimum atomic E-state index is -0.738. The van der Waals surface area contributed by atoms with E-state index in [9.17, 15) is 9.59 Å². The zero-order valence-corrected chi connectivity index (χ0v) is 17.5. The standard InChI is InChI=1S/C21H28ClN3O4/c1-24-17(26)12-29-19(18(24)15-2-4-16(22)5-3-15)20(27)23-13-21(6-7-21)14-25-8-10-28-11-9-25/h2-5,18-19H,6-14H2,1H3,(H,23,27). The molecule has 0 radical (unpaired) electrons. The van der Waals surface area contributed by atoms with E-state index in [4.69, 9.17) is 21.1 Å². The molecule has 29 heavy (non-hydrogen) atoms. The van der Waals surface area contributed by atoms with E-state index in [1.807, 2.05) is 12.1 Å². The van der Waals surface area contributed by atoms with Crippen LogP contribution in [0.3, 0.4) is 0 Å². The molecular formula is C21H28ClN3O4. The number of likely N-dealkylation sites (N-methyl/N-ethyl adjacent to an activating group) is 1. The lowest BCUT2D eigenvalue weighted by atomic mass is 9.97. The van der Waals surface area contributed by atoms with E-state index in [-0.39, 0.29) is 23.8 Å². The maximum atomic E-state index is 13.0. The second-order valence-electron chi connectivity index (χ2n) is 8.34. The van der Waals surface area contributed by atoms with Gasteiger partial charge in [-0.05, 0) is 30.5 Å². The minimum Gasteiger partial charge on any atom is -0.379 e. The highest BCUT2D eigenvalue weighted by molar-refractivity contribution is 6.30. The van der Waals surface area contributed by atoms with Crippen LogP contribution in [0.4, 0.5) is 0 Å². The van der Waals surface area contributed by atoms with Gasteiger partial charge in [0.15, 0.2) is 6.10 Å². The van der Waals surface area contributed by atoms with Crippen LogP contribution < -0.4 is 5.32 Å². The minimum absolute atomic E-state index is 0.0857. The molecule has 3 aliphatic rings. The summed E-state index contributed by atoms with van der Waals surface area (Å²) in [7, 11) is 1.71. The first-order chi connectivity index (χ1) is 14.0. The highest BCUT2D eigenvalue weighted by Gasteiger charge is 2.46. The molecule has 2 amide bonds.